The summed E-state index contributed by atoms with van der Waals surface area (Å²) < 4.78 is 5.24. The highest BCUT2D eigenvalue weighted by molar-refractivity contribution is 5.79. The molecule has 0 fully saturated rings. The van der Waals surface area contributed by atoms with Crippen LogP contribution in [0.2, 0.25) is 0 Å². The molecule has 0 radical (unpaired) electrons. The maximum Gasteiger partial charge on any atom is 0.224 e. The third-order valence-electron chi connectivity index (χ3n) is 3.14. The number of anilines is 1. The van der Waals surface area contributed by atoms with E-state index in [-0.39, 0.29) is 12.3 Å². The number of hydrogen-bond donors (Lipinski definition) is 1. The molecule has 1 heterocycles. The maximum absolute atomic E-state index is 12.0. The Kier molecular flexibility index (Phi) is 5.30. The number of carbonyl (C=O) groups is 1. The van der Waals surface area contributed by atoms with Crippen molar-refractivity contribution in [3.05, 3.63) is 47.9 Å². The normalized spacial score (nSPS) is 10.1. The van der Waals surface area contributed by atoms with E-state index in [4.69, 9.17) is 4.74 Å². The van der Waals surface area contributed by atoms with E-state index in [1.165, 1.54) is 0 Å². The number of rotatable bonds is 6. The zero-order valence-electron chi connectivity index (χ0n) is 13.0. The van der Waals surface area contributed by atoms with Gasteiger partial charge >= 0.3 is 0 Å². The smallest absolute Gasteiger partial charge is 0.224 e. The van der Waals surface area contributed by atoms with Crippen molar-refractivity contribution in [1.29, 1.82) is 0 Å². The third-order valence-corrected chi connectivity index (χ3v) is 3.14. The van der Waals surface area contributed by atoms with Crippen molar-refractivity contribution in [3.8, 4) is 5.75 Å². The standard InChI is InChI=1S/C16H20N4O2/c1-20(2)15-8-9-17-14(19-15)11-18-16(21)10-12-6-4-5-7-13(12)22-3/h4-9H,10-11H2,1-3H3,(H,18,21). The van der Waals surface area contributed by atoms with Gasteiger partial charge in [-0.25, -0.2) is 9.97 Å². The van der Waals surface area contributed by atoms with Crippen LogP contribution in [0.5, 0.6) is 5.75 Å². The minimum Gasteiger partial charge on any atom is -0.496 e. The summed E-state index contributed by atoms with van der Waals surface area (Å²) in [6.45, 7) is 0.301. The number of benzene rings is 1. The van der Waals surface area contributed by atoms with Crippen molar-refractivity contribution in [2.24, 2.45) is 0 Å². The van der Waals surface area contributed by atoms with Crippen molar-refractivity contribution in [1.82, 2.24) is 15.3 Å². The minimum absolute atomic E-state index is 0.0941. The van der Waals surface area contributed by atoms with Gasteiger partial charge in [0.2, 0.25) is 5.91 Å². The Morgan fingerprint density at radius 2 is 2.05 bits per heavy atom. The number of aromatic nitrogens is 2. The van der Waals surface area contributed by atoms with Crippen molar-refractivity contribution in [2.45, 2.75) is 13.0 Å². The monoisotopic (exact) mass is 300 g/mol. The lowest BCUT2D eigenvalue weighted by Crippen LogP contribution is -2.26. The van der Waals surface area contributed by atoms with E-state index in [9.17, 15) is 4.79 Å². The molecule has 0 spiro atoms. The Bertz CT molecular complexity index is 644. The molecular formula is C16H20N4O2. The summed E-state index contributed by atoms with van der Waals surface area (Å²) in [4.78, 5) is 22.4. The summed E-state index contributed by atoms with van der Waals surface area (Å²) in [5, 5.41) is 2.83. The van der Waals surface area contributed by atoms with Gasteiger partial charge in [-0.05, 0) is 12.1 Å². The summed E-state index contributed by atoms with van der Waals surface area (Å²) in [6, 6.07) is 9.30. The summed E-state index contributed by atoms with van der Waals surface area (Å²) in [7, 11) is 5.41. The second-order valence-corrected chi connectivity index (χ2v) is 4.99. The van der Waals surface area contributed by atoms with E-state index in [2.05, 4.69) is 15.3 Å². The van der Waals surface area contributed by atoms with Crippen LogP contribution < -0.4 is 15.0 Å². The van der Waals surface area contributed by atoms with Crippen molar-refractivity contribution in [2.75, 3.05) is 26.1 Å². The zero-order valence-corrected chi connectivity index (χ0v) is 13.0. The fraction of sp³-hybridized carbons (Fsp3) is 0.312. The Labute approximate surface area is 130 Å². The summed E-state index contributed by atoms with van der Waals surface area (Å²) in [6.07, 6.45) is 1.95. The highest BCUT2D eigenvalue weighted by Crippen LogP contribution is 2.17. The molecule has 0 saturated carbocycles. The van der Waals surface area contributed by atoms with Crippen LogP contribution in [0, 0.1) is 0 Å². The Balaban J connectivity index is 1.94. The van der Waals surface area contributed by atoms with Crippen molar-refractivity contribution in [3.63, 3.8) is 0 Å². The number of para-hydroxylation sites is 1. The molecule has 1 amide bonds. The molecule has 0 aliphatic rings. The second-order valence-electron chi connectivity index (χ2n) is 4.99. The van der Waals surface area contributed by atoms with E-state index >= 15 is 0 Å². The topological polar surface area (TPSA) is 67.3 Å². The quantitative estimate of drug-likeness (QED) is 0.873. The summed E-state index contributed by atoms with van der Waals surface area (Å²) in [5.74, 6) is 2.01. The third kappa shape index (κ3) is 4.18. The molecule has 1 N–H and O–H groups in total. The molecule has 2 aromatic rings. The summed E-state index contributed by atoms with van der Waals surface area (Å²) in [5.41, 5.74) is 0.852. The molecule has 2 rings (SSSR count). The Morgan fingerprint density at radius 3 is 2.77 bits per heavy atom. The lowest BCUT2D eigenvalue weighted by Gasteiger charge is -2.12. The molecule has 0 saturated heterocycles. The first-order chi connectivity index (χ1) is 10.6. The number of nitrogens with one attached hydrogen (secondary N) is 1. The van der Waals surface area contributed by atoms with Gasteiger partial charge < -0.3 is 15.0 Å². The molecule has 0 unspecified atom stereocenters. The highest BCUT2D eigenvalue weighted by atomic mass is 16.5. The van der Waals surface area contributed by atoms with E-state index in [1.807, 2.05) is 49.3 Å². The van der Waals surface area contributed by atoms with E-state index in [0.717, 1.165) is 11.4 Å². The fourth-order valence-corrected chi connectivity index (χ4v) is 1.98. The van der Waals surface area contributed by atoms with Gasteiger partial charge in [0.05, 0.1) is 20.1 Å². The molecule has 22 heavy (non-hydrogen) atoms. The molecule has 0 aliphatic heterocycles. The molecule has 6 nitrogen and oxygen atoms in total. The van der Waals surface area contributed by atoms with Crippen LogP contribution >= 0.6 is 0 Å². The number of ether oxygens (including phenoxy) is 1. The Morgan fingerprint density at radius 1 is 1.27 bits per heavy atom. The van der Waals surface area contributed by atoms with Crippen molar-refractivity contribution < 1.29 is 9.53 Å². The summed E-state index contributed by atoms with van der Waals surface area (Å²) >= 11 is 0. The molecule has 116 valence electrons. The Hall–Kier alpha value is -2.63. The first kappa shape index (κ1) is 15.8. The number of methoxy groups -OCH3 is 1. The molecule has 0 bridgehead atoms. The van der Waals surface area contributed by atoms with Crippen LogP contribution in [-0.2, 0) is 17.8 Å². The largest absolute Gasteiger partial charge is 0.496 e. The van der Waals surface area contributed by atoms with Gasteiger partial charge in [-0.15, -0.1) is 0 Å². The van der Waals surface area contributed by atoms with Crippen LogP contribution in [0.25, 0.3) is 0 Å². The van der Waals surface area contributed by atoms with Crippen LogP contribution in [-0.4, -0.2) is 37.1 Å². The minimum atomic E-state index is -0.0941. The average Bonchev–Trinajstić information content (AvgIpc) is 2.53. The molecule has 6 heteroatoms. The molecular weight excluding hydrogens is 280 g/mol. The van der Waals surface area contributed by atoms with Crippen LogP contribution in [0.15, 0.2) is 36.5 Å². The molecule has 0 atom stereocenters. The molecule has 0 aliphatic carbocycles. The van der Waals surface area contributed by atoms with Gasteiger partial charge in [0.15, 0.2) is 0 Å². The van der Waals surface area contributed by atoms with E-state index < -0.39 is 0 Å². The lowest BCUT2D eigenvalue weighted by molar-refractivity contribution is -0.120. The van der Waals surface area contributed by atoms with Crippen LogP contribution in [0.1, 0.15) is 11.4 Å². The van der Waals surface area contributed by atoms with Gasteiger partial charge in [0, 0.05) is 25.9 Å². The zero-order chi connectivity index (χ0) is 15.9. The van der Waals surface area contributed by atoms with Gasteiger partial charge in [-0.3, -0.25) is 4.79 Å². The highest BCUT2D eigenvalue weighted by Gasteiger charge is 2.09. The predicted molar refractivity (Wildman–Crippen MR) is 84.9 cm³/mol. The van der Waals surface area contributed by atoms with Gasteiger partial charge in [-0.2, -0.15) is 0 Å². The van der Waals surface area contributed by atoms with Gasteiger partial charge in [0.25, 0.3) is 0 Å². The van der Waals surface area contributed by atoms with Crippen LogP contribution in [0.3, 0.4) is 0 Å². The number of amides is 1. The van der Waals surface area contributed by atoms with Gasteiger partial charge in [0.1, 0.15) is 17.4 Å². The number of hydrogen-bond acceptors (Lipinski definition) is 5. The average molecular weight is 300 g/mol. The number of carbonyl (C=O) groups excluding carboxylic acids is 1. The first-order valence-electron chi connectivity index (χ1n) is 6.98. The SMILES string of the molecule is COc1ccccc1CC(=O)NCc1nccc(N(C)C)n1. The maximum atomic E-state index is 12.0. The molecule has 1 aromatic heterocycles. The van der Waals surface area contributed by atoms with Crippen molar-refractivity contribution >= 4 is 11.7 Å². The van der Waals surface area contributed by atoms with Crippen LogP contribution in [0.4, 0.5) is 5.82 Å². The van der Waals surface area contributed by atoms with E-state index in [0.29, 0.717) is 18.1 Å². The predicted octanol–water partition coefficient (Wildman–Crippen LogP) is 1.41. The van der Waals surface area contributed by atoms with Gasteiger partial charge in [-0.1, -0.05) is 18.2 Å². The number of nitrogens with zero attached hydrogens (tertiary/aromatic N) is 3. The van der Waals surface area contributed by atoms with E-state index in [1.54, 1.807) is 13.3 Å². The molecule has 1 aromatic carbocycles. The second kappa shape index (κ2) is 7.40. The first-order valence-corrected chi connectivity index (χ1v) is 6.98. The lowest BCUT2D eigenvalue weighted by atomic mass is 10.1. The fourth-order valence-electron chi connectivity index (χ4n) is 1.98.